The molecule has 136 valence electrons. The SMILES string of the molecule is CCC(c1ccccc1)C1CCCN1C(=O)CCCCCCN.Cl. The van der Waals surface area contributed by atoms with Crippen LogP contribution in [0.4, 0.5) is 0 Å². The van der Waals surface area contributed by atoms with Gasteiger partial charge in [-0.2, -0.15) is 0 Å². The number of carbonyl (C=O) groups is 1. The van der Waals surface area contributed by atoms with Crippen LogP contribution in [0.15, 0.2) is 30.3 Å². The van der Waals surface area contributed by atoms with E-state index in [9.17, 15) is 4.79 Å². The van der Waals surface area contributed by atoms with Crippen molar-refractivity contribution in [1.29, 1.82) is 0 Å². The lowest BCUT2D eigenvalue weighted by Gasteiger charge is -2.32. The van der Waals surface area contributed by atoms with Crippen LogP contribution in [-0.4, -0.2) is 29.9 Å². The molecule has 2 rings (SSSR count). The number of unbranched alkanes of at least 4 members (excludes halogenated alkanes) is 3. The number of carbonyl (C=O) groups excluding carboxylic acids is 1. The lowest BCUT2D eigenvalue weighted by atomic mass is 9.87. The van der Waals surface area contributed by atoms with Gasteiger partial charge in [-0.3, -0.25) is 4.79 Å². The number of nitrogens with two attached hydrogens (primary N) is 1. The molecule has 0 spiro atoms. The van der Waals surface area contributed by atoms with Gasteiger partial charge >= 0.3 is 0 Å². The molecule has 0 bridgehead atoms. The summed E-state index contributed by atoms with van der Waals surface area (Å²) in [5.41, 5.74) is 6.89. The molecule has 2 atom stereocenters. The monoisotopic (exact) mass is 352 g/mol. The van der Waals surface area contributed by atoms with Gasteiger partial charge in [-0.25, -0.2) is 0 Å². The van der Waals surface area contributed by atoms with Gasteiger partial charge in [0.1, 0.15) is 0 Å². The molecule has 3 nitrogen and oxygen atoms in total. The molecule has 24 heavy (non-hydrogen) atoms. The summed E-state index contributed by atoms with van der Waals surface area (Å²) < 4.78 is 0. The minimum absolute atomic E-state index is 0. The predicted molar refractivity (Wildman–Crippen MR) is 104 cm³/mol. The molecule has 1 aromatic rings. The highest BCUT2D eigenvalue weighted by Crippen LogP contribution is 2.34. The molecule has 2 N–H and O–H groups in total. The van der Waals surface area contributed by atoms with Crippen LogP contribution >= 0.6 is 12.4 Å². The maximum atomic E-state index is 12.6. The third kappa shape index (κ3) is 5.78. The number of benzene rings is 1. The van der Waals surface area contributed by atoms with Crippen molar-refractivity contribution in [2.75, 3.05) is 13.1 Å². The van der Waals surface area contributed by atoms with E-state index in [-0.39, 0.29) is 12.4 Å². The lowest BCUT2D eigenvalue weighted by Crippen LogP contribution is -2.39. The van der Waals surface area contributed by atoms with E-state index >= 15 is 0 Å². The summed E-state index contributed by atoms with van der Waals surface area (Å²) in [5, 5.41) is 0. The van der Waals surface area contributed by atoms with Gasteiger partial charge in [-0.15, -0.1) is 12.4 Å². The Morgan fingerprint density at radius 3 is 2.58 bits per heavy atom. The summed E-state index contributed by atoms with van der Waals surface area (Å²) in [5.74, 6) is 0.828. The van der Waals surface area contributed by atoms with Gasteiger partial charge in [0.15, 0.2) is 0 Å². The maximum absolute atomic E-state index is 12.6. The molecule has 2 unspecified atom stereocenters. The fourth-order valence-electron chi connectivity index (χ4n) is 3.87. The average molecular weight is 353 g/mol. The number of rotatable bonds is 9. The first-order chi connectivity index (χ1) is 11.3. The first-order valence-corrected chi connectivity index (χ1v) is 9.32. The van der Waals surface area contributed by atoms with Gasteiger partial charge in [0.05, 0.1) is 0 Å². The fourth-order valence-corrected chi connectivity index (χ4v) is 3.87. The van der Waals surface area contributed by atoms with Crippen LogP contribution in [0.1, 0.15) is 69.8 Å². The third-order valence-electron chi connectivity index (χ3n) is 5.10. The van der Waals surface area contributed by atoms with Crippen LogP contribution < -0.4 is 5.73 Å². The van der Waals surface area contributed by atoms with E-state index in [1.165, 1.54) is 5.56 Å². The van der Waals surface area contributed by atoms with Crippen molar-refractivity contribution >= 4 is 18.3 Å². The number of hydrogen-bond acceptors (Lipinski definition) is 2. The number of amides is 1. The Hall–Kier alpha value is -1.06. The van der Waals surface area contributed by atoms with Crippen molar-refractivity contribution in [1.82, 2.24) is 4.90 Å². The highest BCUT2D eigenvalue weighted by Gasteiger charge is 2.34. The standard InChI is InChI=1S/C20H32N2O.ClH/c1-2-18(17-11-6-5-7-12-17)19-13-10-16-22(19)20(23)14-8-3-4-9-15-21;/h5-7,11-12,18-19H,2-4,8-10,13-16,21H2,1H3;1H. The van der Waals surface area contributed by atoms with Crippen LogP contribution in [0.25, 0.3) is 0 Å². The second-order valence-electron chi connectivity index (χ2n) is 6.68. The van der Waals surface area contributed by atoms with Gasteiger partial charge in [0.2, 0.25) is 5.91 Å². The minimum atomic E-state index is 0. The Kier molecular flexibility index (Phi) is 10.0. The van der Waals surface area contributed by atoms with Crippen molar-refractivity contribution in [3.63, 3.8) is 0 Å². The summed E-state index contributed by atoms with van der Waals surface area (Å²) in [7, 11) is 0. The van der Waals surface area contributed by atoms with E-state index in [1.54, 1.807) is 0 Å². The molecular formula is C20H33ClN2O. The van der Waals surface area contributed by atoms with Crippen molar-refractivity contribution < 1.29 is 4.79 Å². The van der Waals surface area contributed by atoms with Crippen molar-refractivity contribution in [3.05, 3.63) is 35.9 Å². The number of nitrogens with zero attached hydrogens (tertiary/aromatic N) is 1. The summed E-state index contributed by atoms with van der Waals surface area (Å²) in [4.78, 5) is 14.8. The maximum Gasteiger partial charge on any atom is 0.222 e. The molecule has 1 amide bonds. The first kappa shape index (κ1) is 21.0. The van der Waals surface area contributed by atoms with Crippen LogP contribution in [0, 0.1) is 0 Å². The second-order valence-corrected chi connectivity index (χ2v) is 6.68. The molecule has 1 heterocycles. The van der Waals surface area contributed by atoms with Crippen LogP contribution in [0.2, 0.25) is 0 Å². The molecule has 0 saturated carbocycles. The lowest BCUT2D eigenvalue weighted by molar-refractivity contribution is -0.132. The smallest absolute Gasteiger partial charge is 0.222 e. The number of hydrogen-bond donors (Lipinski definition) is 1. The molecule has 1 saturated heterocycles. The zero-order chi connectivity index (χ0) is 16.5. The predicted octanol–water partition coefficient (Wildman–Crippen LogP) is 4.50. The molecule has 1 fully saturated rings. The summed E-state index contributed by atoms with van der Waals surface area (Å²) in [6, 6.07) is 11.1. The van der Waals surface area contributed by atoms with Crippen LogP contribution in [-0.2, 0) is 4.79 Å². The second kappa shape index (κ2) is 11.5. The fraction of sp³-hybridized carbons (Fsp3) is 0.650. The number of halogens is 1. The molecule has 0 aliphatic carbocycles. The van der Waals surface area contributed by atoms with Crippen molar-refractivity contribution in [3.8, 4) is 0 Å². The largest absolute Gasteiger partial charge is 0.339 e. The Balaban J connectivity index is 0.00000288. The molecule has 0 radical (unpaired) electrons. The molecule has 1 aliphatic rings. The van der Waals surface area contributed by atoms with Gasteiger partial charge in [-0.1, -0.05) is 50.1 Å². The van der Waals surface area contributed by atoms with E-state index in [1.807, 2.05) is 0 Å². The molecular weight excluding hydrogens is 320 g/mol. The highest BCUT2D eigenvalue weighted by atomic mass is 35.5. The van der Waals surface area contributed by atoms with E-state index < -0.39 is 0 Å². The topological polar surface area (TPSA) is 46.3 Å². The quantitative estimate of drug-likeness (QED) is 0.665. The summed E-state index contributed by atoms with van der Waals surface area (Å²) >= 11 is 0. The van der Waals surface area contributed by atoms with Crippen molar-refractivity contribution in [2.24, 2.45) is 5.73 Å². The zero-order valence-electron chi connectivity index (χ0n) is 15.0. The van der Waals surface area contributed by atoms with Crippen LogP contribution in [0.5, 0.6) is 0 Å². The van der Waals surface area contributed by atoms with E-state index in [4.69, 9.17) is 5.73 Å². The molecule has 1 aliphatic heterocycles. The summed E-state index contributed by atoms with van der Waals surface area (Å²) in [6.45, 7) is 3.94. The van der Waals surface area contributed by atoms with Gasteiger partial charge in [0, 0.05) is 24.9 Å². The van der Waals surface area contributed by atoms with Gasteiger partial charge in [-0.05, 0) is 44.2 Å². The molecule has 0 aromatic heterocycles. The third-order valence-corrected chi connectivity index (χ3v) is 5.10. The Labute approximate surface area is 153 Å². The van der Waals surface area contributed by atoms with Gasteiger partial charge in [0.25, 0.3) is 0 Å². The highest BCUT2D eigenvalue weighted by molar-refractivity contribution is 5.85. The van der Waals surface area contributed by atoms with E-state index in [0.717, 1.165) is 58.0 Å². The first-order valence-electron chi connectivity index (χ1n) is 9.32. The normalized spacial score (nSPS) is 18.2. The average Bonchev–Trinajstić information content (AvgIpc) is 3.06. The Bertz CT molecular complexity index is 466. The Morgan fingerprint density at radius 1 is 1.21 bits per heavy atom. The molecule has 1 aromatic carbocycles. The Morgan fingerprint density at radius 2 is 1.92 bits per heavy atom. The minimum Gasteiger partial charge on any atom is -0.339 e. The van der Waals surface area contributed by atoms with E-state index in [0.29, 0.717) is 24.3 Å². The van der Waals surface area contributed by atoms with Crippen LogP contribution in [0.3, 0.4) is 0 Å². The molecule has 4 heteroatoms. The van der Waals surface area contributed by atoms with Gasteiger partial charge < -0.3 is 10.6 Å². The number of likely N-dealkylation sites (tertiary alicyclic amines) is 1. The zero-order valence-corrected chi connectivity index (χ0v) is 15.8. The van der Waals surface area contributed by atoms with Crippen molar-refractivity contribution in [2.45, 2.75) is 70.3 Å². The summed E-state index contributed by atoms with van der Waals surface area (Å²) in [6.07, 6.45) is 8.43. The van der Waals surface area contributed by atoms with E-state index in [2.05, 4.69) is 42.2 Å².